The quantitative estimate of drug-likeness (QED) is 0.0759. The van der Waals surface area contributed by atoms with Gasteiger partial charge in [0.15, 0.2) is 0 Å². The van der Waals surface area contributed by atoms with Crippen molar-refractivity contribution in [3.8, 4) is 11.5 Å². The SMILES string of the molecule is CC1CCC(CNc2ncc(S(=O)(=O)NC(=O)c3ccc(N4CCC5(CC4)CC(N4CCC[C@@H]4c4ccccc4C(C)C)C5)cc3Oc3cnc4[nH]ccc4c3)cc2[N+](=O)[O-])CC1. The van der Waals surface area contributed by atoms with E-state index in [0.717, 1.165) is 81.5 Å². The summed E-state index contributed by atoms with van der Waals surface area (Å²) in [6.07, 6.45) is 15.5. The van der Waals surface area contributed by atoms with Gasteiger partial charge < -0.3 is 19.9 Å². The Bertz CT molecular complexity index is 2590. The molecular weight excluding hydrogens is 817 g/mol. The number of anilines is 2. The van der Waals surface area contributed by atoms with E-state index in [-0.39, 0.29) is 17.1 Å². The monoisotopic (exact) mass is 874 g/mol. The van der Waals surface area contributed by atoms with Gasteiger partial charge in [-0.25, -0.2) is 23.1 Å². The molecule has 0 bridgehead atoms. The Morgan fingerprint density at radius 1 is 0.984 bits per heavy atom. The van der Waals surface area contributed by atoms with E-state index in [9.17, 15) is 23.3 Å². The molecule has 0 radical (unpaired) electrons. The Morgan fingerprint density at radius 3 is 2.52 bits per heavy atom. The first-order valence-corrected chi connectivity index (χ1v) is 24.1. The van der Waals surface area contributed by atoms with Crippen LogP contribution >= 0.6 is 0 Å². The van der Waals surface area contributed by atoms with Gasteiger partial charge in [-0.05, 0) is 116 Å². The summed E-state index contributed by atoms with van der Waals surface area (Å²) in [5, 5.41) is 16.0. The van der Waals surface area contributed by atoms with Gasteiger partial charge in [0.05, 0.1) is 22.9 Å². The summed E-state index contributed by atoms with van der Waals surface area (Å²) in [6, 6.07) is 19.8. The summed E-state index contributed by atoms with van der Waals surface area (Å²) in [6.45, 7) is 10.2. The number of nitrogens with zero attached hydrogens (tertiary/aromatic N) is 5. The lowest BCUT2D eigenvalue weighted by atomic mass is 9.59. The molecule has 2 aliphatic carbocycles. The van der Waals surface area contributed by atoms with E-state index in [2.05, 4.69) is 79.8 Å². The second kappa shape index (κ2) is 17.6. The van der Waals surface area contributed by atoms with Crippen molar-refractivity contribution in [2.45, 2.75) is 108 Å². The molecule has 3 aromatic heterocycles. The molecule has 1 spiro atoms. The van der Waals surface area contributed by atoms with Gasteiger partial charge in [0.2, 0.25) is 5.82 Å². The van der Waals surface area contributed by atoms with E-state index >= 15 is 0 Å². The minimum Gasteiger partial charge on any atom is -0.455 e. The number of pyridine rings is 2. The van der Waals surface area contributed by atoms with Crippen LogP contribution in [0.25, 0.3) is 11.0 Å². The number of hydrogen-bond acceptors (Lipinski definition) is 11. The zero-order valence-electron chi connectivity index (χ0n) is 36.4. The summed E-state index contributed by atoms with van der Waals surface area (Å²) >= 11 is 0. The Kier molecular flexibility index (Phi) is 11.9. The van der Waals surface area contributed by atoms with Crippen LogP contribution in [0, 0.1) is 27.4 Å². The summed E-state index contributed by atoms with van der Waals surface area (Å²) < 4.78 is 35.9. The Labute approximate surface area is 369 Å². The topological polar surface area (TPSA) is 176 Å². The van der Waals surface area contributed by atoms with E-state index in [1.165, 1.54) is 36.8 Å². The number of ether oxygens (including phenoxy) is 1. The molecule has 2 aromatic carbocycles. The Morgan fingerprint density at radius 2 is 1.76 bits per heavy atom. The van der Waals surface area contributed by atoms with Crippen molar-refractivity contribution in [2.24, 2.45) is 17.3 Å². The molecular formula is C48H58N8O6S. The molecule has 332 valence electrons. The van der Waals surface area contributed by atoms with E-state index in [1.54, 1.807) is 30.6 Å². The molecule has 9 rings (SSSR count). The number of sulfonamides is 1. The molecule has 2 aliphatic heterocycles. The van der Waals surface area contributed by atoms with Crippen LogP contribution in [0.5, 0.6) is 11.5 Å². The van der Waals surface area contributed by atoms with E-state index in [1.807, 2.05) is 12.1 Å². The lowest BCUT2D eigenvalue weighted by Crippen LogP contribution is -2.54. The molecule has 4 aliphatic rings. The van der Waals surface area contributed by atoms with Crippen LogP contribution < -0.4 is 19.7 Å². The summed E-state index contributed by atoms with van der Waals surface area (Å²) in [5.74, 6) is 1.08. The number of aromatic amines is 1. The van der Waals surface area contributed by atoms with Crippen LogP contribution in [0.3, 0.4) is 0 Å². The highest BCUT2D eigenvalue weighted by molar-refractivity contribution is 7.90. The normalized spacial score (nSPS) is 21.7. The lowest BCUT2D eigenvalue weighted by Gasteiger charge is -2.56. The number of rotatable bonds is 13. The lowest BCUT2D eigenvalue weighted by molar-refractivity contribution is -0.384. The molecule has 1 amide bonds. The summed E-state index contributed by atoms with van der Waals surface area (Å²) in [7, 11) is -4.59. The maximum Gasteiger partial charge on any atom is 0.312 e. The molecule has 14 nitrogen and oxygen atoms in total. The third-order valence-electron chi connectivity index (χ3n) is 14.3. The van der Waals surface area contributed by atoms with Crippen molar-refractivity contribution in [1.82, 2.24) is 24.6 Å². The van der Waals surface area contributed by atoms with Gasteiger partial charge in [-0.1, -0.05) is 57.9 Å². The van der Waals surface area contributed by atoms with Gasteiger partial charge in [0.25, 0.3) is 15.9 Å². The number of fused-ring (bicyclic) bond motifs is 1. The highest BCUT2D eigenvalue weighted by Gasteiger charge is 2.50. The number of amides is 1. The minimum atomic E-state index is -4.59. The highest BCUT2D eigenvalue weighted by atomic mass is 32.2. The second-order valence-electron chi connectivity index (χ2n) is 18.8. The molecule has 15 heteroatoms. The van der Waals surface area contributed by atoms with Gasteiger partial charge in [0.1, 0.15) is 22.0 Å². The molecule has 5 aromatic rings. The van der Waals surface area contributed by atoms with Crippen LogP contribution in [-0.4, -0.2) is 71.3 Å². The standard InChI is InChI=1S/C48H58N8O6S/c1-31(2)39-7-4-5-8-40(39)42-9-6-20-55(42)36-26-48(27-36)17-21-54(22-18-48)35-14-15-41(44(24-35)62-37-23-34-16-19-49-45(34)51-29-37)47(57)53-63(60,61)38-25-43(56(58)59)46(52-30-38)50-28-33-12-10-32(3)11-13-33/h4-5,7-8,14-16,19,23-25,29-33,36,42H,6,9-13,17-18,20-22,26-28H2,1-3H3,(H,49,51)(H,50,52)(H,53,57)/t32?,33?,42-/m1/s1. The van der Waals surface area contributed by atoms with E-state index in [4.69, 9.17) is 4.74 Å². The van der Waals surface area contributed by atoms with Crippen molar-refractivity contribution in [3.63, 3.8) is 0 Å². The van der Waals surface area contributed by atoms with Crippen molar-refractivity contribution in [3.05, 3.63) is 106 Å². The zero-order chi connectivity index (χ0) is 43.9. The molecule has 5 heterocycles. The predicted molar refractivity (Wildman–Crippen MR) is 244 cm³/mol. The first-order valence-electron chi connectivity index (χ1n) is 22.6. The smallest absolute Gasteiger partial charge is 0.312 e. The number of carbonyl (C=O) groups is 1. The molecule has 1 atom stereocenters. The van der Waals surface area contributed by atoms with Crippen molar-refractivity contribution in [1.29, 1.82) is 0 Å². The van der Waals surface area contributed by atoms with Crippen LogP contribution in [0.2, 0.25) is 0 Å². The molecule has 4 fully saturated rings. The second-order valence-corrected chi connectivity index (χ2v) is 20.5. The third-order valence-corrected chi connectivity index (χ3v) is 15.6. The summed E-state index contributed by atoms with van der Waals surface area (Å²) in [5.41, 5.74) is 4.31. The number of likely N-dealkylation sites (tertiary alicyclic amines) is 1. The number of hydrogen-bond donors (Lipinski definition) is 3. The highest BCUT2D eigenvalue weighted by Crippen LogP contribution is 2.54. The number of benzene rings is 2. The fourth-order valence-electron chi connectivity index (χ4n) is 10.7. The Hall–Kier alpha value is -5.54. The van der Waals surface area contributed by atoms with Gasteiger partial charge in [-0.3, -0.25) is 19.8 Å². The fraction of sp³-hybridized carbons (Fsp3) is 0.479. The number of nitro groups is 1. The fourth-order valence-corrected chi connectivity index (χ4v) is 11.6. The third kappa shape index (κ3) is 8.99. The summed E-state index contributed by atoms with van der Waals surface area (Å²) in [4.78, 5) is 41.6. The van der Waals surface area contributed by atoms with E-state index < -0.39 is 31.4 Å². The maximum atomic E-state index is 14.0. The molecule has 63 heavy (non-hydrogen) atoms. The number of nitrogens with one attached hydrogen (secondary N) is 3. The molecule has 0 unspecified atom stereocenters. The van der Waals surface area contributed by atoms with Crippen molar-refractivity contribution >= 4 is 44.2 Å². The van der Waals surface area contributed by atoms with Gasteiger partial charge in [-0.15, -0.1) is 0 Å². The number of carbonyl (C=O) groups excluding carboxylic acids is 1. The molecule has 3 N–H and O–H groups in total. The number of H-pyrrole nitrogens is 1. The van der Waals surface area contributed by atoms with Gasteiger partial charge in [0, 0.05) is 61.1 Å². The van der Waals surface area contributed by atoms with Crippen LogP contribution in [0.15, 0.2) is 84.1 Å². The molecule has 2 saturated heterocycles. The first kappa shape index (κ1) is 42.7. The van der Waals surface area contributed by atoms with Crippen LogP contribution in [0.4, 0.5) is 17.2 Å². The first-order chi connectivity index (χ1) is 30.3. The van der Waals surface area contributed by atoms with E-state index in [0.29, 0.717) is 53.2 Å². The maximum absolute atomic E-state index is 14.0. The van der Waals surface area contributed by atoms with Crippen molar-refractivity contribution < 1.29 is 22.9 Å². The Balaban J connectivity index is 0.899. The average molecular weight is 875 g/mol. The minimum absolute atomic E-state index is 0.00702. The molecule has 2 saturated carbocycles. The van der Waals surface area contributed by atoms with Crippen LogP contribution in [-0.2, 0) is 10.0 Å². The largest absolute Gasteiger partial charge is 0.455 e. The van der Waals surface area contributed by atoms with Crippen LogP contribution in [0.1, 0.15) is 118 Å². The number of piperidine rings is 1. The average Bonchev–Trinajstić information content (AvgIpc) is 3.95. The zero-order valence-corrected chi connectivity index (χ0v) is 37.2. The van der Waals surface area contributed by atoms with Gasteiger partial charge >= 0.3 is 5.69 Å². The van der Waals surface area contributed by atoms with Gasteiger partial charge in [-0.2, -0.15) is 0 Å². The van der Waals surface area contributed by atoms with Crippen molar-refractivity contribution in [2.75, 3.05) is 36.4 Å². The number of aromatic nitrogens is 3. The predicted octanol–water partition coefficient (Wildman–Crippen LogP) is 9.72.